The second kappa shape index (κ2) is 52.3. The number of ether oxygens (including phenoxy) is 6. The van der Waals surface area contributed by atoms with Crippen molar-refractivity contribution < 1.29 is 89.4 Å². The standard InChI is InChI=1S/C71H123NO18/c1-3-5-7-9-11-13-15-17-19-21-23-25-27-29-31-33-35-37-39-41-43-45-47-49-59(77)72-54(55(76)48-46-44-42-40-38-36-34-32-30-28-26-24-22-20-18-16-14-12-10-8-6-4-2)53-85-69-65(83)62(80)67(57(51-74)87-69)90-71-66(84)63(81)68(58(52-75)88-71)89-70-64(82)61(79)60(78)56(50-73)86-70/h5,7,11,13,17,19,23,25,29,31,38,40,46,48,54-58,60-71,73-76,78-84H,3-4,6,8-10,12,14-16,18,20-22,24,26-28,30,32-37,39,41-45,47,49-53H2,1-2H3,(H,72,77)/b7-5-,13-11-,19-17-,25-23-,31-29-,40-38+,48-46+. The topological polar surface area (TPSA) is 307 Å². The van der Waals surface area contributed by atoms with Crippen molar-refractivity contribution in [1.82, 2.24) is 5.32 Å². The van der Waals surface area contributed by atoms with Gasteiger partial charge in [0.1, 0.15) is 73.2 Å². The normalized spacial score (nSPS) is 28.6. The van der Waals surface area contributed by atoms with Gasteiger partial charge in [-0.1, -0.05) is 227 Å². The van der Waals surface area contributed by atoms with Gasteiger partial charge in [0.15, 0.2) is 18.9 Å². The zero-order chi connectivity index (χ0) is 65.4. The van der Waals surface area contributed by atoms with Crippen LogP contribution in [0.2, 0.25) is 0 Å². The summed E-state index contributed by atoms with van der Waals surface area (Å²) in [6, 6.07) is -1.00. The lowest BCUT2D eigenvalue weighted by Crippen LogP contribution is -2.66. The lowest BCUT2D eigenvalue weighted by molar-refractivity contribution is -0.379. The molecule has 0 aromatic heterocycles. The van der Waals surface area contributed by atoms with E-state index in [1.165, 1.54) is 96.3 Å². The van der Waals surface area contributed by atoms with Crippen LogP contribution in [0.3, 0.4) is 0 Å². The van der Waals surface area contributed by atoms with Gasteiger partial charge in [-0.3, -0.25) is 4.79 Å². The number of allylic oxidation sites excluding steroid dienone is 13. The average molecular weight is 1280 g/mol. The largest absolute Gasteiger partial charge is 0.394 e. The summed E-state index contributed by atoms with van der Waals surface area (Å²) >= 11 is 0. The number of hydrogen-bond donors (Lipinski definition) is 12. The van der Waals surface area contributed by atoms with E-state index < -0.39 is 124 Å². The van der Waals surface area contributed by atoms with Gasteiger partial charge in [0.05, 0.1) is 38.6 Å². The molecule has 3 rings (SSSR count). The summed E-state index contributed by atoms with van der Waals surface area (Å²) in [4.78, 5) is 13.4. The summed E-state index contributed by atoms with van der Waals surface area (Å²) in [5.41, 5.74) is 0. The molecule has 3 aliphatic rings. The molecule has 0 aliphatic carbocycles. The van der Waals surface area contributed by atoms with Gasteiger partial charge in [-0.2, -0.15) is 0 Å². The minimum atomic E-state index is -1.99. The van der Waals surface area contributed by atoms with E-state index in [1.54, 1.807) is 6.08 Å². The molecule has 0 aromatic carbocycles. The highest BCUT2D eigenvalue weighted by atomic mass is 16.8. The number of hydrogen-bond acceptors (Lipinski definition) is 18. The molecule has 0 spiro atoms. The Hall–Kier alpha value is -3.03. The summed E-state index contributed by atoms with van der Waals surface area (Å²) in [7, 11) is 0. The minimum Gasteiger partial charge on any atom is -0.394 e. The fraction of sp³-hybridized carbons (Fsp3) is 0.789. The first-order chi connectivity index (χ1) is 43.8. The van der Waals surface area contributed by atoms with E-state index in [2.05, 4.69) is 92.1 Å². The Bertz CT molecular complexity index is 1960. The summed E-state index contributed by atoms with van der Waals surface area (Å²) in [6.45, 7) is 1.59. The summed E-state index contributed by atoms with van der Waals surface area (Å²) in [5, 5.41) is 121. The minimum absolute atomic E-state index is 0.218. The highest BCUT2D eigenvalue weighted by molar-refractivity contribution is 5.76. The van der Waals surface area contributed by atoms with Crippen molar-refractivity contribution in [3.05, 3.63) is 85.1 Å². The number of nitrogens with one attached hydrogen (secondary N) is 1. The molecule has 0 radical (unpaired) electrons. The molecule has 12 N–H and O–H groups in total. The van der Waals surface area contributed by atoms with Gasteiger partial charge in [0.2, 0.25) is 5.91 Å². The van der Waals surface area contributed by atoms with Crippen molar-refractivity contribution in [2.45, 2.75) is 330 Å². The number of unbranched alkanes of at least 4 members (excludes halogenated alkanes) is 24. The maximum absolute atomic E-state index is 13.4. The van der Waals surface area contributed by atoms with Crippen LogP contribution in [0.15, 0.2) is 85.1 Å². The maximum atomic E-state index is 13.4. The van der Waals surface area contributed by atoms with Crippen molar-refractivity contribution in [2.24, 2.45) is 0 Å². The number of aliphatic hydroxyl groups is 11. The predicted molar refractivity (Wildman–Crippen MR) is 351 cm³/mol. The molecule has 1 amide bonds. The SMILES string of the molecule is CC/C=C\C/C=C\C/C=C\C/C=C\C/C=C\CCCCCCCCCC(=O)NC(COC1OC(CO)C(OC2OC(CO)C(OC3OC(CO)C(O)C(O)C3O)C(O)C2O)C(O)C1O)C(O)/C=C/CC/C=C/CCCCCCCCCCCCCCCCCC. The van der Waals surface area contributed by atoms with E-state index >= 15 is 0 Å². The Morgan fingerprint density at radius 2 is 0.778 bits per heavy atom. The summed E-state index contributed by atoms with van der Waals surface area (Å²) < 4.78 is 34.3. The number of amides is 1. The van der Waals surface area contributed by atoms with Crippen LogP contribution >= 0.6 is 0 Å². The lowest BCUT2D eigenvalue weighted by Gasteiger charge is -2.48. The monoisotopic (exact) mass is 1280 g/mol. The molecule has 3 saturated heterocycles. The van der Waals surface area contributed by atoms with Gasteiger partial charge in [-0.25, -0.2) is 0 Å². The Labute approximate surface area is 540 Å². The third kappa shape index (κ3) is 33.9. The second-order valence-corrected chi connectivity index (χ2v) is 24.6. The number of aliphatic hydroxyl groups excluding tert-OH is 11. The van der Waals surface area contributed by atoms with Gasteiger partial charge in [0, 0.05) is 6.42 Å². The van der Waals surface area contributed by atoms with E-state index in [0.29, 0.717) is 12.8 Å². The van der Waals surface area contributed by atoms with Gasteiger partial charge < -0.3 is 89.9 Å². The highest BCUT2D eigenvalue weighted by Gasteiger charge is 2.53. The Morgan fingerprint density at radius 3 is 1.24 bits per heavy atom. The van der Waals surface area contributed by atoms with E-state index in [1.807, 2.05) is 6.08 Å². The van der Waals surface area contributed by atoms with Gasteiger partial charge in [-0.05, 0) is 77.0 Å². The molecule has 0 bridgehead atoms. The molecule has 17 unspecified atom stereocenters. The predicted octanol–water partition coefficient (Wildman–Crippen LogP) is 9.10. The molecule has 3 aliphatic heterocycles. The smallest absolute Gasteiger partial charge is 0.220 e. The Kier molecular flexibility index (Phi) is 47.2. The lowest BCUT2D eigenvalue weighted by atomic mass is 9.96. The molecule has 19 heteroatoms. The van der Waals surface area contributed by atoms with Crippen LogP contribution in [0.5, 0.6) is 0 Å². The molecular weight excluding hydrogens is 1150 g/mol. The van der Waals surface area contributed by atoms with Crippen LogP contribution in [-0.4, -0.2) is 193 Å². The highest BCUT2D eigenvalue weighted by Crippen LogP contribution is 2.33. The first kappa shape index (κ1) is 81.2. The average Bonchev–Trinajstić information content (AvgIpc) is 0.865. The molecule has 520 valence electrons. The van der Waals surface area contributed by atoms with E-state index in [0.717, 1.165) is 96.3 Å². The van der Waals surface area contributed by atoms with Crippen LogP contribution in [0.4, 0.5) is 0 Å². The van der Waals surface area contributed by atoms with E-state index in [4.69, 9.17) is 28.4 Å². The third-order valence-electron chi connectivity index (χ3n) is 16.9. The third-order valence-corrected chi connectivity index (χ3v) is 16.9. The van der Waals surface area contributed by atoms with Gasteiger partial charge in [0.25, 0.3) is 0 Å². The van der Waals surface area contributed by atoms with Gasteiger partial charge in [-0.15, -0.1) is 0 Å². The quantitative estimate of drug-likeness (QED) is 0.0200. The van der Waals surface area contributed by atoms with Crippen molar-refractivity contribution in [3.8, 4) is 0 Å². The summed E-state index contributed by atoms with van der Waals surface area (Å²) in [5.74, 6) is -0.299. The van der Waals surface area contributed by atoms with Crippen molar-refractivity contribution in [2.75, 3.05) is 26.4 Å². The molecule has 0 saturated carbocycles. The van der Waals surface area contributed by atoms with Crippen LogP contribution in [0.25, 0.3) is 0 Å². The molecule has 0 aromatic rings. The van der Waals surface area contributed by atoms with E-state index in [-0.39, 0.29) is 18.9 Å². The molecule has 3 heterocycles. The van der Waals surface area contributed by atoms with Crippen LogP contribution in [-0.2, 0) is 33.2 Å². The number of carbonyl (C=O) groups excluding carboxylic acids is 1. The van der Waals surface area contributed by atoms with Crippen molar-refractivity contribution >= 4 is 5.91 Å². The molecule has 3 fully saturated rings. The number of carbonyl (C=O) groups is 1. The molecule has 19 nitrogen and oxygen atoms in total. The summed E-state index contributed by atoms with van der Waals surface area (Å²) in [6.07, 6.45) is 39.8. The fourth-order valence-electron chi connectivity index (χ4n) is 11.3. The van der Waals surface area contributed by atoms with Crippen molar-refractivity contribution in [1.29, 1.82) is 0 Å². The molecule has 17 atom stereocenters. The van der Waals surface area contributed by atoms with Crippen LogP contribution in [0.1, 0.15) is 226 Å². The van der Waals surface area contributed by atoms with E-state index in [9.17, 15) is 61.0 Å². The Morgan fingerprint density at radius 1 is 0.411 bits per heavy atom. The van der Waals surface area contributed by atoms with Gasteiger partial charge >= 0.3 is 0 Å². The molecular formula is C71H123NO18. The molecule has 90 heavy (non-hydrogen) atoms. The number of rotatable bonds is 52. The fourth-order valence-corrected chi connectivity index (χ4v) is 11.3. The maximum Gasteiger partial charge on any atom is 0.220 e. The van der Waals surface area contributed by atoms with Crippen LogP contribution in [0, 0.1) is 0 Å². The zero-order valence-electron chi connectivity index (χ0n) is 54.8. The Balaban J connectivity index is 1.46. The second-order valence-electron chi connectivity index (χ2n) is 24.6. The zero-order valence-corrected chi connectivity index (χ0v) is 54.8. The van der Waals surface area contributed by atoms with Crippen LogP contribution < -0.4 is 5.32 Å². The first-order valence-corrected chi connectivity index (χ1v) is 34.8. The first-order valence-electron chi connectivity index (χ1n) is 34.8. The van der Waals surface area contributed by atoms with Crippen molar-refractivity contribution in [3.63, 3.8) is 0 Å².